The average Bonchev–Trinajstić information content (AvgIpc) is 3.03. The molecule has 0 saturated carbocycles. The number of allylic oxidation sites excluding steroid dienone is 1. The predicted molar refractivity (Wildman–Crippen MR) is 138 cm³/mol. The van der Waals surface area contributed by atoms with Gasteiger partial charge in [-0.25, -0.2) is 0 Å². The van der Waals surface area contributed by atoms with E-state index in [1.807, 2.05) is 0 Å². The van der Waals surface area contributed by atoms with Gasteiger partial charge in [-0.1, -0.05) is 80.0 Å². The molecule has 0 unspecified atom stereocenters. The van der Waals surface area contributed by atoms with Crippen molar-refractivity contribution in [2.45, 2.75) is 85.5 Å². The van der Waals surface area contributed by atoms with Gasteiger partial charge in [0.15, 0.2) is 0 Å². The standard InChI is InChI=1S/C30H41O2/c1-18-13-19-15-24(30(8,9)10)27(32-12)25(21(19)14-18)20-16-22(28(2,3)4)26(31-11)23(17-20)29(5,6)7/h13-17H,1-12H3. The largest absolute Gasteiger partial charge is 0.496 e. The molecule has 1 radical (unpaired) electrons. The Kier molecular flexibility index (Phi) is 6.09. The summed E-state index contributed by atoms with van der Waals surface area (Å²) in [6.07, 6.45) is 4.57. The number of rotatable bonds is 3. The first-order valence-corrected chi connectivity index (χ1v) is 11.6. The number of ether oxygens (including phenoxy) is 2. The van der Waals surface area contributed by atoms with Gasteiger partial charge in [-0.3, -0.25) is 0 Å². The minimum atomic E-state index is -0.0583. The van der Waals surface area contributed by atoms with Crippen LogP contribution in [0, 0.1) is 6.42 Å². The second-order valence-electron chi connectivity index (χ2n) is 12.2. The van der Waals surface area contributed by atoms with Crippen molar-refractivity contribution >= 4 is 6.08 Å². The molecule has 0 aliphatic heterocycles. The third kappa shape index (κ3) is 4.34. The Bertz CT molecular complexity index is 1030. The lowest BCUT2D eigenvalue weighted by Gasteiger charge is -2.31. The van der Waals surface area contributed by atoms with Gasteiger partial charge in [-0.05, 0) is 52.0 Å². The first-order chi connectivity index (χ1) is 14.6. The lowest BCUT2D eigenvalue weighted by molar-refractivity contribution is 0.381. The van der Waals surface area contributed by atoms with Gasteiger partial charge >= 0.3 is 0 Å². The third-order valence-electron chi connectivity index (χ3n) is 6.32. The molecule has 2 aromatic carbocycles. The van der Waals surface area contributed by atoms with Crippen molar-refractivity contribution < 1.29 is 9.47 Å². The fourth-order valence-corrected chi connectivity index (χ4v) is 4.65. The van der Waals surface area contributed by atoms with Gasteiger partial charge < -0.3 is 9.47 Å². The van der Waals surface area contributed by atoms with E-state index in [0.29, 0.717) is 0 Å². The normalized spacial score (nSPS) is 14.3. The molecule has 0 atom stereocenters. The van der Waals surface area contributed by atoms with Crippen molar-refractivity contribution in [2.75, 3.05) is 14.2 Å². The van der Waals surface area contributed by atoms with Crippen LogP contribution in [-0.4, -0.2) is 14.2 Å². The molecule has 173 valence electrons. The molecule has 0 bridgehead atoms. The zero-order valence-electron chi connectivity index (χ0n) is 22.2. The first kappa shape index (κ1) is 24.4. The number of hydrogen-bond donors (Lipinski definition) is 0. The zero-order chi connectivity index (χ0) is 24.2. The maximum Gasteiger partial charge on any atom is 0.131 e. The Morgan fingerprint density at radius 1 is 0.625 bits per heavy atom. The van der Waals surface area contributed by atoms with E-state index < -0.39 is 0 Å². The Morgan fingerprint density at radius 3 is 1.47 bits per heavy atom. The van der Waals surface area contributed by atoms with Crippen molar-refractivity contribution in [1.29, 1.82) is 0 Å². The van der Waals surface area contributed by atoms with E-state index in [1.54, 1.807) is 14.2 Å². The summed E-state index contributed by atoms with van der Waals surface area (Å²) < 4.78 is 12.2. The van der Waals surface area contributed by atoms with Crippen molar-refractivity contribution in [3.05, 3.63) is 58.0 Å². The Balaban J connectivity index is 2.51. The highest BCUT2D eigenvalue weighted by Gasteiger charge is 2.32. The second-order valence-corrected chi connectivity index (χ2v) is 12.2. The monoisotopic (exact) mass is 433 g/mol. The molecule has 1 aliphatic carbocycles. The van der Waals surface area contributed by atoms with Crippen LogP contribution in [0.5, 0.6) is 11.5 Å². The van der Waals surface area contributed by atoms with Crippen LogP contribution >= 0.6 is 0 Å². The van der Waals surface area contributed by atoms with Crippen molar-refractivity contribution in [2.24, 2.45) is 0 Å². The molecule has 3 rings (SSSR count). The van der Waals surface area contributed by atoms with E-state index in [9.17, 15) is 0 Å². The highest BCUT2D eigenvalue weighted by Crippen LogP contribution is 2.50. The first-order valence-electron chi connectivity index (χ1n) is 11.6. The van der Waals surface area contributed by atoms with E-state index in [4.69, 9.17) is 9.47 Å². The zero-order valence-corrected chi connectivity index (χ0v) is 22.2. The van der Waals surface area contributed by atoms with Gasteiger partial charge in [0.1, 0.15) is 11.5 Å². The molecular formula is C30H41O2. The lowest BCUT2D eigenvalue weighted by Crippen LogP contribution is -2.19. The molecule has 1 aliphatic rings. The fourth-order valence-electron chi connectivity index (χ4n) is 4.65. The molecule has 32 heavy (non-hydrogen) atoms. The maximum absolute atomic E-state index is 6.15. The average molecular weight is 434 g/mol. The summed E-state index contributed by atoms with van der Waals surface area (Å²) in [6.45, 7) is 22.5. The van der Waals surface area contributed by atoms with E-state index in [0.717, 1.165) is 11.5 Å². The van der Waals surface area contributed by atoms with Crippen molar-refractivity contribution in [3.8, 4) is 22.6 Å². The summed E-state index contributed by atoms with van der Waals surface area (Å²) in [7, 11) is 3.59. The molecular weight excluding hydrogens is 392 g/mol. The highest BCUT2D eigenvalue weighted by molar-refractivity contribution is 5.89. The number of hydrogen-bond acceptors (Lipinski definition) is 2. The molecule has 2 nitrogen and oxygen atoms in total. The van der Waals surface area contributed by atoms with Crippen LogP contribution < -0.4 is 9.47 Å². The van der Waals surface area contributed by atoms with Crippen LogP contribution in [-0.2, 0) is 16.2 Å². The molecule has 2 aromatic rings. The predicted octanol–water partition coefficient (Wildman–Crippen LogP) is 8.23. The summed E-state index contributed by atoms with van der Waals surface area (Å²) in [6, 6.07) is 6.95. The lowest BCUT2D eigenvalue weighted by atomic mass is 9.76. The summed E-state index contributed by atoms with van der Waals surface area (Å²) in [5.74, 6) is 1.97. The van der Waals surface area contributed by atoms with Gasteiger partial charge in [0, 0.05) is 28.7 Å². The Labute approximate surface area is 196 Å². The molecule has 2 heteroatoms. The minimum absolute atomic E-state index is 0.0361. The number of fused-ring (bicyclic) bond motifs is 1. The van der Waals surface area contributed by atoms with Crippen LogP contribution in [0.3, 0.4) is 0 Å². The molecule has 0 aromatic heterocycles. The molecule has 0 fully saturated rings. The van der Waals surface area contributed by atoms with Crippen LogP contribution in [0.1, 0.15) is 97.1 Å². The summed E-state index contributed by atoms with van der Waals surface area (Å²) >= 11 is 0. The Morgan fingerprint density at radius 2 is 1.06 bits per heavy atom. The molecule has 0 spiro atoms. The number of methoxy groups -OCH3 is 2. The van der Waals surface area contributed by atoms with Crippen LogP contribution in [0.4, 0.5) is 0 Å². The quantitative estimate of drug-likeness (QED) is 0.485. The van der Waals surface area contributed by atoms with E-state index in [1.165, 1.54) is 44.5 Å². The Hall–Kier alpha value is -2.22. The SMILES string of the molecule is COc1c(C(C)(C)C)cc(-c2c3c(cc(C(C)(C)C)c2OC)[CH]C(C)=C3)cc1C(C)(C)C. The second kappa shape index (κ2) is 7.97. The van der Waals surface area contributed by atoms with Gasteiger partial charge in [0.25, 0.3) is 0 Å². The van der Waals surface area contributed by atoms with Gasteiger partial charge in [0.05, 0.1) is 14.2 Å². The number of benzene rings is 2. The smallest absolute Gasteiger partial charge is 0.131 e. The van der Waals surface area contributed by atoms with E-state index in [2.05, 4.69) is 99.9 Å². The van der Waals surface area contributed by atoms with E-state index >= 15 is 0 Å². The molecule has 0 heterocycles. The fraction of sp³-hybridized carbons (Fsp3) is 0.500. The highest BCUT2D eigenvalue weighted by atomic mass is 16.5. The molecule has 0 saturated heterocycles. The third-order valence-corrected chi connectivity index (χ3v) is 6.32. The van der Waals surface area contributed by atoms with Crippen molar-refractivity contribution in [3.63, 3.8) is 0 Å². The molecule has 0 amide bonds. The maximum atomic E-state index is 6.15. The molecule has 0 N–H and O–H groups in total. The van der Waals surface area contributed by atoms with Crippen LogP contribution in [0.15, 0.2) is 23.8 Å². The summed E-state index contributed by atoms with van der Waals surface area (Å²) in [4.78, 5) is 0. The van der Waals surface area contributed by atoms with Crippen LogP contribution in [0.25, 0.3) is 17.2 Å². The summed E-state index contributed by atoms with van der Waals surface area (Å²) in [5, 5.41) is 0. The van der Waals surface area contributed by atoms with E-state index in [-0.39, 0.29) is 16.2 Å². The van der Waals surface area contributed by atoms with Gasteiger partial charge in [-0.2, -0.15) is 0 Å². The minimum Gasteiger partial charge on any atom is -0.496 e. The van der Waals surface area contributed by atoms with Gasteiger partial charge in [0.2, 0.25) is 0 Å². The van der Waals surface area contributed by atoms with Crippen LogP contribution in [0.2, 0.25) is 0 Å². The summed E-state index contributed by atoms with van der Waals surface area (Å²) in [5.41, 5.74) is 9.70. The van der Waals surface area contributed by atoms with Gasteiger partial charge in [-0.15, -0.1) is 0 Å². The topological polar surface area (TPSA) is 18.5 Å². The van der Waals surface area contributed by atoms with Crippen molar-refractivity contribution in [1.82, 2.24) is 0 Å².